The van der Waals surface area contributed by atoms with E-state index in [0.717, 1.165) is 18.6 Å². The van der Waals surface area contributed by atoms with Gasteiger partial charge in [0.2, 0.25) is 5.91 Å². The van der Waals surface area contributed by atoms with Crippen molar-refractivity contribution < 1.29 is 9.90 Å². The van der Waals surface area contributed by atoms with Crippen LogP contribution >= 0.6 is 24.2 Å². The molecule has 110 valence electrons. The van der Waals surface area contributed by atoms with Crippen LogP contribution in [0, 0.1) is 5.41 Å². The van der Waals surface area contributed by atoms with E-state index in [0.29, 0.717) is 13.0 Å². The van der Waals surface area contributed by atoms with Crippen LogP contribution in [0.2, 0.25) is 0 Å². The summed E-state index contributed by atoms with van der Waals surface area (Å²) in [5, 5.41) is 12.2. The lowest BCUT2D eigenvalue weighted by Crippen LogP contribution is -2.46. The fourth-order valence-electron chi connectivity index (χ4n) is 1.56. The summed E-state index contributed by atoms with van der Waals surface area (Å²) in [7, 11) is 0. The number of hydrogen-bond donors (Lipinski definition) is 3. The van der Waals surface area contributed by atoms with Crippen molar-refractivity contribution >= 4 is 30.1 Å². The molecule has 0 fully saturated rings. The maximum atomic E-state index is 11.7. The van der Waals surface area contributed by atoms with Gasteiger partial charge in [-0.1, -0.05) is 13.8 Å². The van der Waals surface area contributed by atoms with E-state index in [1.165, 1.54) is 0 Å². The molecule has 6 heteroatoms. The molecule has 0 saturated heterocycles. The second-order valence-corrected chi connectivity index (χ2v) is 5.46. The monoisotopic (exact) mass is 298 g/mol. The van der Waals surface area contributed by atoms with Gasteiger partial charge in [0.25, 0.3) is 0 Å². The SMILES string of the molecule is CCC(CC)(CO)CNC(=O)C(N)CCSC.Cl. The standard InChI is InChI=1S/C12H26N2O2S.ClH/c1-4-12(5-2,9-15)8-14-11(16)10(13)6-7-17-3;/h10,15H,4-9,13H2,1-3H3,(H,14,16);1H. The van der Waals surface area contributed by atoms with Crippen LogP contribution in [0.15, 0.2) is 0 Å². The highest BCUT2D eigenvalue weighted by molar-refractivity contribution is 7.98. The highest BCUT2D eigenvalue weighted by Crippen LogP contribution is 2.24. The summed E-state index contributed by atoms with van der Waals surface area (Å²) in [5.74, 6) is 0.778. The molecule has 0 aromatic carbocycles. The van der Waals surface area contributed by atoms with Gasteiger partial charge in [-0.2, -0.15) is 11.8 Å². The Morgan fingerprint density at radius 1 is 1.44 bits per heavy atom. The number of amides is 1. The Hall–Kier alpha value is 0.0300. The van der Waals surface area contributed by atoms with Gasteiger partial charge in [-0.15, -0.1) is 12.4 Å². The highest BCUT2D eigenvalue weighted by Gasteiger charge is 2.26. The number of nitrogens with two attached hydrogens (primary N) is 1. The van der Waals surface area contributed by atoms with Gasteiger partial charge in [0.15, 0.2) is 0 Å². The van der Waals surface area contributed by atoms with Gasteiger partial charge in [-0.05, 0) is 31.3 Å². The van der Waals surface area contributed by atoms with Crippen molar-refractivity contribution in [1.29, 1.82) is 0 Å². The number of halogens is 1. The third-order valence-corrected chi connectivity index (χ3v) is 4.09. The van der Waals surface area contributed by atoms with Crippen molar-refractivity contribution in [2.45, 2.75) is 39.2 Å². The molecule has 0 aliphatic rings. The second kappa shape index (κ2) is 10.9. The van der Waals surface area contributed by atoms with Crippen molar-refractivity contribution in [2.24, 2.45) is 11.1 Å². The zero-order valence-corrected chi connectivity index (χ0v) is 13.2. The van der Waals surface area contributed by atoms with E-state index in [1.54, 1.807) is 11.8 Å². The number of carbonyl (C=O) groups is 1. The number of nitrogens with one attached hydrogen (secondary N) is 1. The van der Waals surface area contributed by atoms with Crippen LogP contribution in [0.5, 0.6) is 0 Å². The maximum absolute atomic E-state index is 11.7. The molecule has 4 nitrogen and oxygen atoms in total. The van der Waals surface area contributed by atoms with E-state index < -0.39 is 6.04 Å². The lowest BCUT2D eigenvalue weighted by atomic mass is 9.83. The van der Waals surface area contributed by atoms with Crippen molar-refractivity contribution in [1.82, 2.24) is 5.32 Å². The number of thioether (sulfide) groups is 1. The first kappa shape index (κ1) is 20.3. The van der Waals surface area contributed by atoms with Crippen LogP contribution in [-0.2, 0) is 4.79 Å². The molecule has 0 heterocycles. The predicted octanol–water partition coefficient (Wildman–Crippen LogP) is 1.40. The smallest absolute Gasteiger partial charge is 0.236 e. The molecule has 0 bridgehead atoms. The summed E-state index contributed by atoms with van der Waals surface area (Å²) < 4.78 is 0. The van der Waals surface area contributed by atoms with Gasteiger partial charge < -0.3 is 16.2 Å². The lowest BCUT2D eigenvalue weighted by molar-refractivity contribution is -0.123. The molecule has 4 N–H and O–H groups in total. The van der Waals surface area contributed by atoms with Crippen molar-refractivity contribution in [3.63, 3.8) is 0 Å². The number of carbonyl (C=O) groups excluding carboxylic acids is 1. The Balaban J connectivity index is 0. The van der Waals surface area contributed by atoms with Crippen LogP contribution in [0.1, 0.15) is 33.1 Å². The molecular weight excluding hydrogens is 272 g/mol. The van der Waals surface area contributed by atoms with Crippen molar-refractivity contribution in [3.8, 4) is 0 Å². The topological polar surface area (TPSA) is 75.3 Å². The molecule has 1 atom stereocenters. The molecule has 1 unspecified atom stereocenters. The van der Waals surface area contributed by atoms with Gasteiger partial charge in [-0.25, -0.2) is 0 Å². The molecule has 0 aromatic heterocycles. The molecule has 0 aliphatic carbocycles. The van der Waals surface area contributed by atoms with E-state index in [-0.39, 0.29) is 30.3 Å². The first-order valence-electron chi connectivity index (χ1n) is 6.18. The van der Waals surface area contributed by atoms with Gasteiger partial charge in [-0.3, -0.25) is 4.79 Å². The Labute approximate surface area is 121 Å². The summed E-state index contributed by atoms with van der Waals surface area (Å²) in [4.78, 5) is 11.7. The fourth-order valence-corrected chi connectivity index (χ4v) is 2.05. The molecule has 0 aromatic rings. The zero-order valence-electron chi connectivity index (χ0n) is 11.6. The molecule has 0 spiro atoms. The molecule has 0 saturated carbocycles. The van der Waals surface area contributed by atoms with Gasteiger partial charge in [0.05, 0.1) is 12.6 Å². The molecular formula is C12H27ClN2O2S. The minimum atomic E-state index is -0.437. The minimum absolute atomic E-state index is 0. The Morgan fingerprint density at radius 2 is 2.00 bits per heavy atom. The van der Waals surface area contributed by atoms with Crippen LogP contribution < -0.4 is 11.1 Å². The minimum Gasteiger partial charge on any atom is -0.396 e. The Bertz CT molecular complexity index is 218. The number of aliphatic hydroxyl groups excluding tert-OH is 1. The Kier molecular flexibility index (Phi) is 12.3. The molecule has 18 heavy (non-hydrogen) atoms. The zero-order chi connectivity index (χ0) is 13.3. The first-order chi connectivity index (χ1) is 8.05. The predicted molar refractivity (Wildman–Crippen MR) is 81.3 cm³/mol. The van der Waals surface area contributed by atoms with E-state index in [1.807, 2.05) is 20.1 Å². The summed E-state index contributed by atoms with van der Waals surface area (Å²) in [6, 6.07) is -0.437. The lowest BCUT2D eigenvalue weighted by Gasteiger charge is -2.30. The number of rotatable bonds is 9. The summed E-state index contributed by atoms with van der Waals surface area (Å²) in [6.07, 6.45) is 4.38. The van der Waals surface area contributed by atoms with Crippen LogP contribution in [0.3, 0.4) is 0 Å². The molecule has 0 aliphatic heterocycles. The van der Waals surface area contributed by atoms with E-state index in [9.17, 15) is 9.90 Å². The number of aliphatic hydroxyl groups is 1. The largest absolute Gasteiger partial charge is 0.396 e. The Morgan fingerprint density at radius 3 is 2.39 bits per heavy atom. The van der Waals surface area contributed by atoms with Crippen LogP contribution in [0.4, 0.5) is 0 Å². The second-order valence-electron chi connectivity index (χ2n) is 4.47. The van der Waals surface area contributed by atoms with Gasteiger partial charge in [0.1, 0.15) is 0 Å². The molecule has 0 radical (unpaired) electrons. The van der Waals surface area contributed by atoms with Gasteiger partial charge in [0, 0.05) is 12.0 Å². The quantitative estimate of drug-likeness (QED) is 0.601. The molecule has 1 amide bonds. The van der Waals surface area contributed by atoms with E-state index in [2.05, 4.69) is 5.32 Å². The van der Waals surface area contributed by atoms with Crippen molar-refractivity contribution in [3.05, 3.63) is 0 Å². The summed E-state index contributed by atoms with van der Waals surface area (Å²) in [6.45, 7) is 4.65. The fraction of sp³-hybridized carbons (Fsp3) is 0.917. The maximum Gasteiger partial charge on any atom is 0.236 e. The van der Waals surface area contributed by atoms with E-state index in [4.69, 9.17) is 5.73 Å². The third kappa shape index (κ3) is 6.83. The third-order valence-electron chi connectivity index (χ3n) is 3.44. The van der Waals surface area contributed by atoms with Crippen LogP contribution in [0.25, 0.3) is 0 Å². The van der Waals surface area contributed by atoms with Crippen molar-refractivity contribution in [2.75, 3.05) is 25.2 Å². The summed E-state index contributed by atoms with van der Waals surface area (Å²) in [5.41, 5.74) is 5.57. The first-order valence-corrected chi connectivity index (χ1v) is 7.57. The average Bonchev–Trinajstić information content (AvgIpc) is 2.37. The summed E-state index contributed by atoms with van der Waals surface area (Å²) >= 11 is 1.68. The number of hydrogen-bond acceptors (Lipinski definition) is 4. The van der Waals surface area contributed by atoms with Crippen LogP contribution in [-0.4, -0.2) is 42.2 Å². The van der Waals surface area contributed by atoms with Gasteiger partial charge >= 0.3 is 0 Å². The normalized spacial score (nSPS) is 12.7. The molecule has 0 rings (SSSR count). The average molecular weight is 299 g/mol. The highest BCUT2D eigenvalue weighted by atomic mass is 35.5. The van der Waals surface area contributed by atoms with E-state index >= 15 is 0 Å².